The second-order valence-corrected chi connectivity index (χ2v) is 7.85. The average molecular weight is 378 g/mol. The van der Waals surface area contributed by atoms with E-state index < -0.39 is 0 Å². The molecule has 1 aromatic rings. The van der Waals surface area contributed by atoms with Crippen LogP contribution in [0.3, 0.4) is 0 Å². The number of carbonyl (C=O) groups is 2. The average Bonchev–Trinajstić information content (AvgIpc) is 3.09. The van der Waals surface area contributed by atoms with Crippen molar-refractivity contribution in [1.82, 2.24) is 19.8 Å². The molecule has 2 aliphatic heterocycles. The number of likely N-dealkylation sites (tertiary alicyclic amines) is 2. The predicted octanol–water partition coefficient (Wildman–Crippen LogP) is 1.45. The van der Waals surface area contributed by atoms with Gasteiger partial charge in [-0.25, -0.2) is 9.97 Å². The van der Waals surface area contributed by atoms with Crippen molar-refractivity contribution < 1.29 is 14.3 Å². The summed E-state index contributed by atoms with van der Waals surface area (Å²) in [7, 11) is 1.68. The van der Waals surface area contributed by atoms with E-state index in [1.165, 1.54) is 11.8 Å². The Balaban J connectivity index is 1.54. The molecule has 3 rings (SSSR count). The molecule has 0 saturated carbocycles. The van der Waals surface area contributed by atoms with Crippen LogP contribution >= 0.6 is 11.8 Å². The van der Waals surface area contributed by atoms with Crippen LogP contribution in [0.2, 0.25) is 0 Å². The number of rotatable bonds is 7. The number of aromatic nitrogens is 2. The number of carbonyl (C=O) groups excluding carboxylic acids is 2. The highest BCUT2D eigenvalue weighted by molar-refractivity contribution is 7.99. The van der Waals surface area contributed by atoms with Gasteiger partial charge in [0.05, 0.1) is 11.2 Å². The van der Waals surface area contributed by atoms with E-state index in [2.05, 4.69) is 9.97 Å². The Kier molecular flexibility index (Phi) is 6.48. The van der Waals surface area contributed by atoms with Gasteiger partial charge in [0, 0.05) is 52.3 Å². The van der Waals surface area contributed by atoms with Crippen molar-refractivity contribution in [2.24, 2.45) is 5.41 Å². The molecule has 0 aliphatic carbocycles. The first-order valence-corrected chi connectivity index (χ1v) is 10.1. The number of piperidine rings is 1. The van der Waals surface area contributed by atoms with Crippen molar-refractivity contribution in [3.63, 3.8) is 0 Å². The molecule has 2 aliphatic rings. The van der Waals surface area contributed by atoms with E-state index in [-0.39, 0.29) is 17.2 Å². The lowest BCUT2D eigenvalue weighted by atomic mass is 9.78. The summed E-state index contributed by atoms with van der Waals surface area (Å²) in [5.74, 6) is 0.587. The van der Waals surface area contributed by atoms with Crippen molar-refractivity contribution >= 4 is 23.6 Å². The van der Waals surface area contributed by atoms with E-state index in [0.29, 0.717) is 30.6 Å². The van der Waals surface area contributed by atoms with E-state index in [1.54, 1.807) is 25.6 Å². The van der Waals surface area contributed by atoms with Crippen LogP contribution in [0.4, 0.5) is 0 Å². The molecule has 0 unspecified atom stereocenters. The lowest BCUT2D eigenvalue weighted by Crippen LogP contribution is -2.50. The Labute approximate surface area is 158 Å². The molecule has 2 fully saturated rings. The summed E-state index contributed by atoms with van der Waals surface area (Å²) in [5.41, 5.74) is -0.380. The number of amides is 2. The zero-order chi connectivity index (χ0) is 18.4. The molecule has 1 aromatic heterocycles. The van der Waals surface area contributed by atoms with Crippen LogP contribution in [0.1, 0.15) is 25.7 Å². The summed E-state index contributed by atoms with van der Waals surface area (Å²) < 4.78 is 5.09. The molecule has 142 valence electrons. The highest BCUT2D eigenvalue weighted by Crippen LogP contribution is 2.40. The second-order valence-electron chi connectivity index (χ2n) is 6.91. The van der Waals surface area contributed by atoms with Gasteiger partial charge >= 0.3 is 0 Å². The zero-order valence-electron chi connectivity index (χ0n) is 15.2. The molecule has 0 radical (unpaired) electrons. The Bertz CT molecular complexity index is 630. The van der Waals surface area contributed by atoms with Gasteiger partial charge in [-0.3, -0.25) is 9.59 Å². The third kappa shape index (κ3) is 4.35. The van der Waals surface area contributed by atoms with Crippen LogP contribution in [0.15, 0.2) is 23.6 Å². The molecule has 0 N–H and O–H groups in total. The van der Waals surface area contributed by atoms with Crippen molar-refractivity contribution in [2.45, 2.75) is 30.8 Å². The van der Waals surface area contributed by atoms with Gasteiger partial charge < -0.3 is 14.5 Å². The van der Waals surface area contributed by atoms with Gasteiger partial charge in [-0.1, -0.05) is 11.8 Å². The fourth-order valence-electron chi connectivity index (χ4n) is 3.81. The molecule has 0 bridgehead atoms. The topological polar surface area (TPSA) is 75.6 Å². The van der Waals surface area contributed by atoms with Crippen LogP contribution in [0, 0.1) is 5.41 Å². The SMILES string of the molecule is COCCCN1CCC[C@]2(CCN(C(=O)CSc3ncccn3)C2)C1=O. The summed E-state index contributed by atoms with van der Waals surface area (Å²) in [6.07, 6.45) is 6.85. The monoisotopic (exact) mass is 378 g/mol. The molecular formula is C18H26N4O3S. The number of hydrogen-bond acceptors (Lipinski definition) is 6. The van der Waals surface area contributed by atoms with Crippen molar-refractivity contribution in [2.75, 3.05) is 45.6 Å². The molecule has 3 heterocycles. The summed E-state index contributed by atoms with van der Waals surface area (Å²) in [4.78, 5) is 37.6. The summed E-state index contributed by atoms with van der Waals surface area (Å²) in [6, 6.07) is 1.75. The smallest absolute Gasteiger partial charge is 0.233 e. The molecule has 1 atom stereocenters. The predicted molar refractivity (Wildman–Crippen MR) is 98.7 cm³/mol. The summed E-state index contributed by atoms with van der Waals surface area (Å²) in [6.45, 7) is 3.43. The van der Waals surface area contributed by atoms with E-state index in [0.717, 1.165) is 38.8 Å². The third-order valence-corrected chi connectivity index (χ3v) is 6.03. The molecule has 8 heteroatoms. The van der Waals surface area contributed by atoms with Crippen molar-refractivity contribution in [1.29, 1.82) is 0 Å². The summed E-state index contributed by atoms with van der Waals surface area (Å²) in [5, 5.41) is 0.604. The van der Waals surface area contributed by atoms with Gasteiger partial charge in [0.2, 0.25) is 11.8 Å². The van der Waals surface area contributed by atoms with E-state index in [4.69, 9.17) is 4.74 Å². The first-order valence-electron chi connectivity index (χ1n) is 9.10. The molecule has 0 aromatic carbocycles. The Morgan fingerprint density at radius 1 is 1.31 bits per heavy atom. The maximum absolute atomic E-state index is 13.0. The number of hydrogen-bond donors (Lipinski definition) is 0. The fraction of sp³-hybridized carbons (Fsp3) is 0.667. The fourth-order valence-corrected chi connectivity index (χ4v) is 4.51. The molecule has 26 heavy (non-hydrogen) atoms. The van der Waals surface area contributed by atoms with Gasteiger partial charge in [-0.15, -0.1) is 0 Å². The van der Waals surface area contributed by atoms with E-state index >= 15 is 0 Å². The van der Waals surface area contributed by atoms with Crippen molar-refractivity contribution in [3.05, 3.63) is 18.5 Å². The van der Waals surface area contributed by atoms with Gasteiger partial charge in [0.25, 0.3) is 0 Å². The lowest BCUT2D eigenvalue weighted by molar-refractivity contribution is -0.146. The number of ether oxygens (including phenoxy) is 1. The molecule has 2 amide bonds. The Morgan fingerprint density at radius 3 is 2.88 bits per heavy atom. The van der Waals surface area contributed by atoms with Gasteiger partial charge in [-0.05, 0) is 31.7 Å². The highest BCUT2D eigenvalue weighted by Gasteiger charge is 2.49. The van der Waals surface area contributed by atoms with Gasteiger partial charge in [0.15, 0.2) is 5.16 Å². The molecule has 1 spiro atoms. The van der Waals surface area contributed by atoms with Crippen molar-refractivity contribution in [3.8, 4) is 0 Å². The zero-order valence-corrected chi connectivity index (χ0v) is 16.0. The van der Waals surface area contributed by atoms with E-state index in [9.17, 15) is 9.59 Å². The number of methoxy groups -OCH3 is 1. The molecular weight excluding hydrogens is 352 g/mol. The first-order chi connectivity index (χ1) is 12.6. The minimum absolute atomic E-state index is 0.0589. The lowest BCUT2D eigenvalue weighted by Gasteiger charge is -2.39. The van der Waals surface area contributed by atoms with E-state index in [1.807, 2.05) is 9.80 Å². The largest absolute Gasteiger partial charge is 0.385 e. The normalized spacial score (nSPS) is 23.0. The Morgan fingerprint density at radius 2 is 2.12 bits per heavy atom. The maximum Gasteiger partial charge on any atom is 0.233 e. The van der Waals surface area contributed by atoms with Gasteiger partial charge in [-0.2, -0.15) is 0 Å². The standard InChI is InChI=1S/C18H26N4O3S/c1-25-12-4-10-21-9-2-5-18(16(21)24)6-11-22(14-18)15(23)13-26-17-19-7-3-8-20-17/h3,7-8H,2,4-6,9-14H2,1H3/t18-/m1/s1. The Hall–Kier alpha value is -1.67. The van der Waals surface area contributed by atoms with Crippen LogP contribution < -0.4 is 0 Å². The number of nitrogens with zero attached hydrogens (tertiary/aromatic N) is 4. The third-order valence-electron chi connectivity index (χ3n) is 5.17. The molecule has 7 nitrogen and oxygen atoms in total. The molecule has 2 saturated heterocycles. The van der Waals surface area contributed by atoms with Crippen LogP contribution in [0.25, 0.3) is 0 Å². The highest BCUT2D eigenvalue weighted by atomic mass is 32.2. The first kappa shape index (κ1) is 19.1. The van der Waals surface area contributed by atoms with Gasteiger partial charge in [0.1, 0.15) is 0 Å². The minimum Gasteiger partial charge on any atom is -0.385 e. The van der Waals surface area contributed by atoms with Crippen LogP contribution in [-0.2, 0) is 14.3 Å². The maximum atomic E-state index is 13.0. The quantitative estimate of drug-likeness (QED) is 0.406. The number of thioether (sulfide) groups is 1. The summed E-state index contributed by atoms with van der Waals surface area (Å²) >= 11 is 1.34. The van der Waals surface area contributed by atoms with Crippen LogP contribution in [0.5, 0.6) is 0 Å². The second kappa shape index (κ2) is 8.81. The minimum atomic E-state index is -0.380. The van der Waals surface area contributed by atoms with Crippen LogP contribution in [-0.4, -0.2) is 77.2 Å².